The van der Waals surface area contributed by atoms with Gasteiger partial charge in [-0.15, -0.1) is 0 Å². The molecular weight excluding hydrogens is 356 g/mol. The average Bonchev–Trinajstić information content (AvgIpc) is 2.71. The average molecular weight is 378 g/mol. The van der Waals surface area contributed by atoms with Crippen LogP contribution in [0, 0.1) is 0 Å². The Labute approximate surface area is 163 Å². The molecule has 6 heteroatoms. The van der Waals surface area contributed by atoms with Crippen molar-refractivity contribution in [2.45, 2.75) is 13.3 Å². The van der Waals surface area contributed by atoms with Crippen molar-refractivity contribution in [1.82, 2.24) is 5.43 Å². The molecular formula is C22H22N2O4. The standard InChI is InChI=1S/C22H22N2O4/c1-14(10-15-8-9-20(27-2)21(11-15)28-3)23-24-22(26)18-12-16-6-4-5-7-17(16)13-19(18)25/h4-9,11-13,25H,10H2,1-3H3,(H,24,26)/b23-14-. The summed E-state index contributed by atoms with van der Waals surface area (Å²) < 4.78 is 10.5. The minimum Gasteiger partial charge on any atom is -0.507 e. The third-order valence-corrected chi connectivity index (χ3v) is 4.36. The first kappa shape index (κ1) is 19.2. The fraction of sp³-hybridized carbons (Fsp3) is 0.182. The summed E-state index contributed by atoms with van der Waals surface area (Å²) in [6, 6.07) is 16.4. The van der Waals surface area contributed by atoms with Gasteiger partial charge in [-0.3, -0.25) is 4.79 Å². The molecule has 3 rings (SSSR count). The highest BCUT2D eigenvalue weighted by atomic mass is 16.5. The Balaban J connectivity index is 1.72. The number of hydrogen-bond donors (Lipinski definition) is 2. The quantitative estimate of drug-likeness (QED) is 0.503. The van der Waals surface area contributed by atoms with E-state index in [0.717, 1.165) is 16.3 Å². The number of ether oxygens (including phenoxy) is 2. The van der Waals surface area contributed by atoms with Crippen molar-refractivity contribution in [3.8, 4) is 17.2 Å². The lowest BCUT2D eigenvalue weighted by atomic mass is 10.1. The van der Waals surface area contributed by atoms with Crippen LogP contribution in [0.5, 0.6) is 17.2 Å². The molecule has 1 amide bonds. The van der Waals surface area contributed by atoms with Crippen molar-refractivity contribution in [3.63, 3.8) is 0 Å². The van der Waals surface area contributed by atoms with Crippen molar-refractivity contribution in [2.75, 3.05) is 14.2 Å². The Morgan fingerprint density at radius 1 is 1.00 bits per heavy atom. The summed E-state index contributed by atoms with van der Waals surface area (Å²) in [7, 11) is 3.17. The molecule has 0 saturated carbocycles. The number of hydrazone groups is 1. The lowest BCUT2D eigenvalue weighted by Crippen LogP contribution is -2.19. The molecule has 0 unspecified atom stereocenters. The van der Waals surface area contributed by atoms with E-state index in [4.69, 9.17) is 9.47 Å². The molecule has 0 saturated heterocycles. The van der Waals surface area contributed by atoms with Gasteiger partial charge in [-0.05, 0) is 47.5 Å². The number of nitrogens with zero attached hydrogens (tertiary/aromatic N) is 1. The predicted molar refractivity (Wildman–Crippen MR) is 109 cm³/mol. The van der Waals surface area contributed by atoms with E-state index in [0.29, 0.717) is 23.6 Å². The Morgan fingerprint density at radius 2 is 1.68 bits per heavy atom. The van der Waals surface area contributed by atoms with Gasteiger partial charge in [0.1, 0.15) is 5.75 Å². The Bertz CT molecular complexity index is 1040. The van der Waals surface area contributed by atoms with Crippen molar-refractivity contribution in [2.24, 2.45) is 5.10 Å². The third kappa shape index (κ3) is 4.23. The molecule has 2 N–H and O–H groups in total. The zero-order chi connectivity index (χ0) is 20.1. The van der Waals surface area contributed by atoms with E-state index < -0.39 is 5.91 Å². The number of fused-ring (bicyclic) bond motifs is 1. The number of hydrogen-bond acceptors (Lipinski definition) is 5. The van der Waals surface area contributed by atoms with Gasteiger partial charge < -0.3 is 14.6 Å². The SMILES string of the molecule is COc1ccc(C/C(C)=N\NC(=O)c2cc3ccccc3cc2O)cc1OC. The van der Waals surface area contributed by atoms with Crippen LogP contribution in [-0.2, 0) is 6.42 Å². The van der Waals surface area contributed by atoms with Crippen LogP contribution in [0.4, 0.5) is 0 Å². The van der Waals surface area contributed by atoms with E-state index in [-0.39, 0.29) is 11.3 Å². The Morgan fingerprint density at radius 3 is 2.36 bits per heavy atom. The molecule has 0 aliphatic carbocycles. The summed E-state index contributed by atoms with van der Waals surface area (Å²) in [6.45, 7) is 1.82. The van der Waals surface area contributed by atoms with Crippen molar-refractivity contribution in [1.29, 1.82) is 0 Å². The number of phenols is 1. The number of carbonyl (C=O) groups is 1. The van der Waals surface area contributed by atoms with Gasteiger partial charge in [0.2, 0.25) is 0 Å². The van der Waals surface area contributed by atoms with Crippen LogP contribution in [0.1, 0.15) is 22.8 Å². The van der Waals surface area contributed by atoms with E-state index in [2.05, 4.69) is 10.5 Å². The number of nitrogens with one attached hydrogen (secondary N) is 1. The third-order valence-electron chi connectivity index (χ3n) is 4.36. The molecule has 3 aromatic rings. The number of methoxy groups -OCH3 is 2. The summed E-state index contributed by atoms with van der Waals surface area (Å²) in [6.07, 6.45) is 0.532. The van der Waals surface area contributed by atoms with Crippen LogP contribution in [0.3, 0.4) is 0 Å². The zero-order valence-electron chi connectivity index (χ0n) is 16.0. The second kappa shape index (κ2) is 8.43. The normalized spacial score (nSPS) is 11.3. The molecule has 0 aromatic heterocycles. The first-order valence-electron chi connectivity index (χ1n) is 8.78. The Hall–Kier alpha value is -3.54. The number of phenolic OH excluding ortho intramolecular Hbond substituents is 1. The molecule has 0 aliphatic rings. The van der Waals surface area contributed by atoms with Crippen LogP contribution in [0.25, 0.3) is 10.8 Å². The lowest BCUT2D eigenvalue weighted by Gasteiger charge is -2.10. The van der Waals surface area contributed by atoms with Crippen LogP contribution >= 0.6 is 0 Å². The monoisotopic (exact) mass is 378 g/mol. The zero-order valence-corrected chi connectivity index (χ0v) is 16.0. The highest BCUT2D eigenvalue weighted by Gasteiger charge is 2.12. The maximum atomic E-state index is 12.4. The van der Waals surface area contributed by atoms with E-state index in [1.165, 1.54) is 0 Å². The van der Waals surface area contributed by atoms with Gasteiger partial charge in [0, 0.05) is 12.1 Å². The van der Waals surface area contributed by atoms with Crippen LogP contribution in [-0.4, -0.2) is 30.9 Å². The van der Waals surface area contributed by atoms with Gasteiger partial charge in [0.15, 0.2) is 11.5 Å². The molecule has 28 heavy (non-hydrogen) atoms. The predicted octanol–water partition coefficient (Wildman–Crippen LogP) is 3.91. The van der Waals surface area contributed by atoms with Crippen molar-refractivity contribution in [3.05, 3.63) is 65.7 Å². The second-order valence-corrected chi connectivity index (χ2v) is 6.37. The highest BCUT2D eigenvalue weighted by molar-refractivity contribution is 6.02. The van der Waals surface area contributed by atoms with Crippen LogP contribution in [0.2, 0.25) is 0 Å². The molecule has 0 bridgehead atoms. The molecule has 0 spiro atoms. The van der Waals surface area contributed by atoms with Gasteiger partial charge in [-0.2, -0.15) is 5.10 Å². The highest BCUT2D eigenvalue weighted by Crippen LogP contribution is 2.28. The Kier molecular flexibility index (Phi) is 5.79. The topological polar surface area (TPSA) is 80.2 Å². The number of benzene rings is 3. The van der Waals surface area contributed by atoms with Crippen molar-refractivity contribution < 1.29 is 19.4 Å². The maximum absolute atomic E-state index is 12.4. The molecule has 144 valence electrons. The molecule has 0 radical (unpaired) electrons. The van der Waals surface area contributed by atoms with Gasteiger partial charge in [-0.25, -0.2) is 5.43 Å². The largest absolute Gasteiger partial charge is 0.507 e. The number of carbonyl (C=O) groups excluding carboxylic acids is 1. The van der Waals surface area contributed by atoms with Gasteiger partial charge in [0.25, 0.3) is 5.91 Å². The first-order valence-corrected chi connectivity index (χ1v) is 8.78. The molecule has 0 heterocycles. The number of rotatable bonds is 6. The van der Waals surface area contributed by atoms with Crippen LogP contribution in [0.15, 0.2) is 59.7 Å². The number of amides is 1. The van der Waals surface area contributed by atoms with Gasteiger partial charge >= 0.3 is 0 Å². The lowest BCUT2D eigenvalue weighted by molar-refractivity contribution is 0.0952. The first-order chi connectivity index (χ1) is 13.5. The molecule has 0 fully saturated rings. The van der Waals surface area contributed by atoms with E-state index in [9.17, 15) is 9.90 Å². The van der Waals surface area contributed by atoms with E-state index in [1.807, 2.05) is 49.4 Å². The fourth-order valence-electron chi connectivity index (χ4n) is 2.94. The second-order valence-electron chi connectivity index (χ2n) is 6.37. The summed E-state index contributed by atoms with van der Waals surface area (Å²) in [5.74, 6) is 0.748. The fourth-order valence-corrected chi connectivity index (χ4v) is 2.94. The van der Waals surface area contributed by atoms with Crippen LogP contribution < -0.4 is 14.9 Å². The maximum Gasteiger partial charge on any atom is 0.275 e. The summed E-state index contributed by atoms with van der Waals surface area (Å²) in [4.78, 5) is 12.4. The summed E-state index contributed by atoms with van der Waals surface area (Å²) in [5.41, 5.74) is 4.37. The summed E-state index contributed by atoms with van der Waals surface area (Å²) in [5, 5.41) is 16.0. The minimum atomic E-state index is -0.463. The minimum absolute atomic E-state index is 0.0797. The van der Waals surface area contributed by atoms with Gasteiger partial charge in [0.05, 0.1) is 19.8 Å². The molecule has 6 nitrogen and oxygen atoms in total. The molecule has 0 atom stereocenters. The molecule has 3 aromatic carbocycles. The molecule has 0 aliphatic heterocycles. The van der Waals surface area contributed by atoms with Gasteiger partial charge in [-0.1, -0.05) is 30.3 Å². The van der Waals surface area contributed by atoms with Crippen molar-refractivity contribution >= 4 is 22.4 Å². The number of aromatic hydroxyl groups is 1. The summed E-state index contributed by atoms with van der Waals surface area (Å²) >= 11 is 0. The smallest absolute Gasteiger partial charge is 0.275 e. The van der Waals surface area contributed by atoms with E-state index in [1.54, 1.807) is 26.4 Å². The van der Waals surface area contributed by atoms with E-state index >= 15 is 0 Å².